The average molecular weight is 486 g/mol. The molecule has 5 heteroatoms. The molecule has 0 amide bonds. The van der Waals surface area contributed by atoms with Crippen molar-refractivity contribution in [2.75, 3.05) is 6.61 Å². The Labute approximate surface area is 202 Å². The number of aryl methyl sites for hydroxylation is 1. The van der Waals surface area contributed by atoms with Crippen molar-refractivity contribution >= 4 is 48.2 Å². The van der Waals surface area contributed by atoms with Crippen molar-refractivity contribution < 1.29 is 9.22 Å². The lowest BCUT2D eigenvalue weighted by molar-refractivity contribution is 0.112. The van der Waals surface area contributed by atoms with E-state index in [1.165, 1.54) is 10.4 Å². The van der Waals surface area contributed by atoms with Crippen LogP contribution in [-0.4, -0.2) is 21.2 Å². The molecule has 168 valence electrons. The molecule has 0 fully saturated rings. The van der Waals surface area contributed by atoms with E-state index >= 15 is 0 Å². The zero-order valence-corrected chi connectivity index (χ0v) is 21.4. The molecular formula is C27H30Cl2O2Si. The zero-order valence-electron chi connectivity index (χ0n) is 18.9. The largest absolute Gasteiger partial charge is 0.407 e. The van der Waals surface area contributed by atoms with Gasteiger partial charge in [-0.1, -0.05) is 105 Å². The highest BCUT2D eigenvalue weighted by atomic mass is 35.5. The van der Waals surface area contributed by atoms with Gasteiger partial charge in [0.05, 0.1) is 5.02 Å². The molecule has 0 aliphatic heterocycles. The van der Waals surface area contributed by atoms with Crippen LogP contribution >= 0.6 is 23.2 Å². The Morgan fingerprint density at radius 3 is 1.91 bits per heavy atom. The molecule has 0 aliphatic rings. The Morgan fingerprint density at radius 2 is 1.41 bits per heavy atom. The molecule has 3 aromatic rings. The molecule has 32 heavy (non-hydrogen) atoms. The lowest BCUT2D eigenvalue weighted by atomic mass is 10.1. The maximum absolute atomic E-state index is 11.0. The van der Waals surface area contributed by atoms with E-state index in [2.05, 4.69) is 81.4 Å². The van der Waals surface area contributed by atoms with Crippen LogP contribution < -0.4 is 10.4 Å². The van der Waals surface area contributed by atoms with Crippen LogP contribution in [0.5, 0.6) is 0 Å². The van der Waals surface area contributed by atoms with E-state index in [0.29, 0.717) is 22.2 Å². The molecule has 0 spiro atoms. The zero-order chi connectivity index (χ0) is 23.2. The lowest BCUT2D eigenvalue weighted by Crippen LogP contribution is -2.66. The first-order valence-corrected chi connectivity index (χ1v) is 13.6. The van der Waals surface area contributed by atoms with Gasteiger partial charge in [0.15, 0.2) is 6.29 Å². The fraction of sp³-hybridized carbons (Fsp3) is 0.296. The van der Waals surface area contributed by atoms with Gasteiger partial charge in [0, 0.05) is 17.2 Å². The SMILES string of the molecule is CC(C)(C)[Si](OCCCCc1cc(Cl)c(C=O)cc1Cl)(c1ccccc1)c1ccccc1. The van der Waals surface area contributed by atoms with Crippen molar-refractivity contribution in [3.8, 4) is 0 Å². The van der Waals surface area contributed by atoms with Crippen LogP contribution in [0.2, 0.25) is 15.1 Å². The number of rotatable bonds is 9. The Balaban J connectivity index is 1.77. The third-order valence-electron chi connectivity index (χ3n) is 5.87. The molecule has 3 aromatic carbocycles. The fourth-order valence-electron chi connectivity index (χ4n) is 4.29. The Hall–Kier alpha value is -1.91. The minimum atomic E-state index is -2.50. The normalized spacial score (nSPS) is 12.0. The average Bonchev–Trinajstić information content (AvgIpc) is 2.78. The summed E-state index contributed by atoms with van der Waals surface area (Å²) in [5, 5.41) is 3.58. The highest BCUT2D eigenvalue weighted by Crippen LogP contribution is 2.37. The van der Waals surface area contributed by atoms with Crippen LogP contribution in [-0.2, 0) is 10.8 Å². The van der Waals surface area contributed by atoms with E-state index in [1.807, 2.05) is 0 Å². The Kier molecular flexibility index (Phi) is 8.35. The van der Waals surface area contributed by atoms with E-state index < -0.39 is 8.32 Å². The maximum Gasteiger partial charge on any atom is 0.261 e. The maximum atomic E-state index is 11.0. The van der Waals surface area contributed by atoms with Crippen LogP contribution in [0.4, 0.5) is 0 Å². The number of hydrogen-bond acceptors (Lipinski definition) is 2. The minimum absolute atomic E-state index is 0.0306. The number of halogens is 2. The minimum Gasteiger partial charge on any atom is -0.407 e. The number of hydrogen-bond donors (Lipinski definition) is 0. The summed E-state index contributed by atoms with van der Waals surface area (Å²) in [6.07, 6.45) is 3.36. The second kappa shape index (κ2) is 10.8. The van der Waals surface area contributed by atoms with Gasteiger partial charge < -0.3 is 4.43 Å². The van der Waals surface area contributed by atoms with Gasteiger partial charge in [-0.15, -0.1) is 0 Å². The summed E-state index contributed by atoms with van der Waals surface area (Å²) >= 11 is 12.5. The molecule has 0 atom stereocenters. The number of aldehydes is 1. The molecule has 2 nitrogen and oxygen atoms in total. The summed E-state index contributed by atoms with van der Waals surface area (Å²) in [6.45, 7) is 7.53. The van der Waals surface area contributed by atoms with Gasteiger partial charge in [-0.2, -0.15) is 0 Å². The van der Waals surface area contributed by atoms with Crippen LogP contribution in [0.15, 0.2) is 72.8 Å². The van der Waals surface area contributed by atoms with Crippen LogP contribution in [0.3, 0.4) is 0 Å². The van der Waals surface area contributed by atoms with Crippen molar-refractivity contribution in [3.63, 3.8) is 0 Å². The summed E-state index contributed by atoms with van der Waals surface area (Å²) in [7, 11) is -2.50. The smallest absolute Gasteiger partial charge is 0.261 e. The summed E-state index contributed by atoms with van der Waals surface area (Å²) in [4.78, 5) is 11.0. The first-order valence-electron chi connectivity index (χ1n) is 11.0. The molecule has 0 unspecified atom stereocenters. The van der Waals surface area contributed by atoms with Crippen LogP contribution in [0.1, 0.15) is 49.5 Å². The molecule has 0 heterocycles. The van der Waals surface area contributed by atoms with Crippen molar-refractivity contribution in [1.29, 1.82) is 0 Å². The number of carbonyl (C=O) groups is 1. The predicted octanol–water partition coefficient (Wildman–Crippen LogP) is 6.71. The van der Waals surface area contributed by atoms with Gasteiger partial charge in [0.1, 0.15) is 0 Å². The molecule has 0 aromatic heterocycles. The van der Waals surface area contributed by atoms with Crippen LogP contribution in [0, 0.1) is 0 Å². The van der Waals surface area contributed by atoms with E-state index in [-0.39, 0.29) is 5.04 Å². The van der Waals surface area contributed by atoms with E-state index in [0.717, 1.165) is 31.1 Å². The molecule has 0 radical (unpaired) electrons. The highest BCUT2D eigenvalue weighted by Gasteiger charge is 2.49. The standard InChI is InChI=1S/C27H30Cl2O2Si/c1-27(2,3)32(23-13-6-4-7-14-23,24-15-8-5-9-16-24)31-17-11-10-12-21-18-26(29)22(20-30)19-25(21)28/h4-9,13-16,18-20H,10-12,17H2,1-3H3. The topological polar surface area (TPSA) is 26.3 Å². The number of carbonyl (C=O) groups excluding carboxylic acids is 1. The Morgan fingerprint density at radius 1 is 0.844 bits per heavy atom. The summed E-state index contributed by atoms with van der Waals surface area (Å²) < 4.78 is 6.93. The summed E-state index contributed by atoms with van der Waals surface area (Å²) in [6, 6.07) is 24.8. The lowest BCUT2D eigenvalue weighted by Gasteiger charge is -2.43. The van der Waals surface area contributed by atoms with Gasteiger partial charge in [0.25, 0.3) is 8.32 Å². The van der Waals surface area contributed by atoms with Crippen molar-refractivity contribution in [2.45, 2.75) is 45.1 Å². The van der Waals surface area contributed by atoms with E-state index in [9.17, 15) is 4.79 Å². The quantitative estimate of drug-likeness (QED) is 0.191. The molecule has 0 saturated carbocycles. The molecule has 0 saturated heterocycles. The van der Waals surface area contributed by atoms with Gasteiger partial charge in [0.2, 0.25) is 0 Å². The second-order valence-corrected chi connectivity index (χ2v) is 14.2. The third kappa shape index (κ3) is 5.35. The molecule has 0 bridgehead atoms. The van der Waals surface area contributed by atoms with Crippen molar-refractivity contribution in [2.24, 2.45) is 0 Å². The number of unbranched alkanes of at least 4 members (excludes halogenated alkanes) is 1. The molecule has 3 rings (SSSR count). The van der Waals surface area contributed by atoms with Gasteiger partial charge in [-0.3, -0.25) is 4.79 Å². The second-order valence-electron chi connectivity index (χ2n) is 9.05. The predicted molar refractivity (Wildman–Crippen MR) is 138 cm³/mol. The van der Waals surface area contributed by atoms with Crippen LogP contribution in [0.25, 0.3) is 0 Å². The number of benzene rings is 3. The van der Waals surface area contributed by atoms with Gasteiger partial charge >= 0.3 is 0 Å². The monoisotopic (exact) mass is 484 g/mol. The third-order valence-corrected chi connectivity index (χ3v) is 11.6. The Bertz CT molecular complexity index is 991. The van der Waals surface area contributed by atoms with Gasteiger partial charge in [-0.05, 0) is 52.4 Å². The summed E-state index contributed by atoms with van der Waals surface area (Å²) in [5.74, 6) is 0. The van der Waals surface area contributed by atoms with Crippen molar-refractivity contribution in [1.82, 2.24) is 0 Å². The highest BCUT2D eigenvalue weighted by molar-refractivity contribution is 6.99. The van der Waals surface area contributed by atoms with E-state index in [1.54, 1.807) is 12.1 Å². The first-order chi connectivity index (χ1) is 15.3. The molecular weight excluding hydrogens is 455 g/mol. The first kappa shape index (κ1) is 24.7. The molecule has 0 N–H and O–H groups in total. The van der Waals surface area contributed by atoms with E-state index in [4.69, 9.17) is 27.6 Å². The summed E-state index contributed by atoms with van der Waals surface area (Å²) in [5.41, 5.74) is 1.39. The van der Waals surface area contributed by atoms with Crippen molar-refractivity contribution in [3.05, 3.63) is 94.0 Å². The fourth-order valence-corrected chi connectivity index (χ4v) is 9.39. The molecule has 0 aliphatic carbocycles. The van der Waals surface area contributed by atoms with Gasteiger partial charge in [-0.25, -0.2) is 0 Å².